The van der Waals surface area contributed by atoms with E-state index in [0.29, 0.717) is 10.8 Å². The minimum absolute atomic E-state index is 0.254. The van der Waals surface area contributed by atoms with E-state index in [-0.39, 0.29) is 11.9 Å². The molecule has 0 bridgehead atoms. The van der Waals surface area contributed by atoms with Gasteiger partial charge in [-0.3, -0.25) is 4.79 Å². The summed E-state index contributed by atoms with van der Waals surface area (Å²) in [4.78, 5) is 11.6. The van der Waals surface area contributed by atoms with Gasteiger partial charge in [-0.2, -0.15) is 0 Å². The third-order valence-corrected chi connectivity index (χ3v) is 2.32. The molecular formula is C13H14ClNO2. The molecule has 0 saturated heterocycles. The topological polar surface area (TPSA) is 38.3 Å². The van der Waals surface area contributed by atoms with Gasteiger partial charge in [0.25, 0.3) is 5.91 Å². The van der Waals surface area contributed by atoms with Gasteiger partial charge in [0.1, 0.15) is 5.75 Å². The van der Waals surface area contributed by atoms with Gasteiger partial charge in [-0.1, -0.05) is 23.6 Å². The summed E-state index contributed by atoms with van der Waals surface area (Å²) in [5.41, 5.74) is 0. The van der Waals surface area contributed by atoms with Crippen molar-refractivity contribution in [2.24, 2.45) is 0 Å². The summed E-state index contributed by atoms with van der Waals surface area (Å²) in [6, 6.07) is 6.57. The number of hydrogen-bond donors (Lipinski definition) is 1. The SMILES string of the molecule is C#CC(C)NC(=O)C(C)Oc1cccc(Cl)c1. The Balaban J connectivity index is 2.57. The number of benzene rings is 1. The Bertz CT molecular complexity index is 439. The van der Waals surface area contributed by atoms with Crippen LogP contribution >= 0.6 is 11.6 Å². The highest BCUT2D eigenvalue weighted by Gasteiger charge is 2.15. The lowest BCUT2D eigenvalue weighted by Crippen LogP contribution is -2.40. The van der Waals surface area contributed by atoms with Crippen molar-refractivity contribution in [3.8, 4) is 18.1 Å². The molecule has 0 aliphatic rings. The molecule has 3 nitrogen and oxygen atoms in total. The molecule has 90 valence electrons. The second-order valence-corrected chi connectivity index (χ2v) is 4.05. The molecule has 0 fully saturated rings. The molecular weight excluding hydrogens is 238 g/mol. The smallest absolute Gasteiger partial charge is 0.261 e. The van der Waals surface area contributed by atoms with Crippen LogP contribution in [-0.4, -0.2) is 18.1 Å². The standard InChI is InChI=1S/C13H14ClNO2/c1-4-9(2)15-13(16)10(3)17-12-7-5-6-11(14)8-12/h1,5-10H,2-3H3,(H,15,16). The highest BCUT2D eigenvalue weighted by atomic mass is 35.5. The van der Waals surface area contributed by atoms with Crippen LogP contribution in [0, 0.1) is 12.3 Å². The Kier molecular flexibility index (Phi) is 4.86. The van der Waals surface area contributed by atoms with Crippen molar-refractivity contribution < 1.29 is 9.53 Å². The number of nitrogens with one attached hydrogen (secondary N) is 1. The maximum Gasteiger partial charge on any atom is 0.261 e. The summed E-state index contributed by atoms with van der Waals surface area (Å²) in [6.45, 7) is 3.38. The number of carbonyl (C=O) groups excluding carboxylic acids is 1. The zero-order valence-corrected chi connectivity index (χ0v) is 10.5. The number of carbonyl (C=O) groups is 1. The van der Waals surface area contributed by atoms with Crippen molar-refractivity contribution in [3.05, 3.63) is 29.3 Å². The minimum atomic E-state index is -0.621. The minimum Gasteiger partial charge on any atom is -0.481 e. The fraction of sp³-hybridized carbons (Fsp3) is 0.308. The van der Waals surface area contributed by atoms with Crippen LogP contribution in [0.5, 0.6) is 5.75 Å². The monoisotopic (exact) mass is 251 g/mol. The number of ether oxygens (including phenoxy) is 1. The molecule has 0 aliphatic heterocycles. The molecule has 1 N–H and O–H groups in total. The number of terminal acetylenes is 1. The molecule has 0 heterocycles. The van der Waals surface area contributed by atoms with Gasteiger partial charge in [-0.15, -0.1) is 6.42 Å². The predicted octanol–water partition coefficient (Wildman–Crippen LogP) is 2.25. The molecule has 1 rings (SSSR count). The average Bonchev–Trinajstić information content (AvgIpc) is 2.28. The maximum atomic E-state index is 11.6. The van der Waals surface area contributed by atoms with Crippen LogP contribution in [0.15, 0.2) is 24.3 Å². The third-order valence-electron chi connectivity index (χ3n) is 2.09. The molecule has 0 saturated carbocycles. The molecule has 0 radical (unpaired) electrons. The van der Waals surface area contributed by atoms with Crippen LogP contribution in [0.1, 0.15) is 13.8 Å². The summed E-state index contributed by atoms with van der Waals surface area (Å²) in [6.07, 6.45) is 4.55. The maximum absolute atomic E-state index is 11.6. The van der Waals surface area contributed by atoms with Crippen molar-refractivity contribution in [2.45, 2.75) is 26.0 Å². The van der Waals surface area contributed by atoms with E-state index in [4.69, 9.17) is 22.8 Å². The van der Waals surface area contributed by atoms with E-state index in [9.17, 15) is 4.79 Å². The van der Waals surface area contributed by atoms with Gasteiger partial charge in [0, 0.05) is 5.02 Å². The highest BCUT2D eigenvalue weighted by molar-refractivity contribution is 6.30. The van der Waals surface area contributed by atoms with Crippen molar-refractivity contribution in [3.63, 3.8) is 0 Å². The van der Waals surface area contributed by atoms with E-state index in [2.05, 4.69) is 11.2 Å². The molecule has 1 amide bonds. The Hall–Kier alpha value is -1.66. The molecule has 1 aromatic carbocycles. The number of amides is 1. The Labute approximate surface area is 106 Å². The normalized spacial score (nSPS) is 13.3. The van der Waals surface area contributed by atoms with Crippen LogP contribution < -0.4 is 10.1 Å². The lowest BCUT2D eigenvalue weighted by molar-refractivity contribution is -0.127. The van der Waals surface area contributed by atoms with Gasteiger partial charge in [0.2, 0.25) is 0 Å². The van der Waals surface area contributed by atoms with Crippen molar-refractivity contribution >= 4 is 17.5 Å². The van der Waals surface area contributed by atoms with E-state index < -0.39 is 6.10 Å². The molecule has 0 aliphatic carbocycles. The first-order valence-corrected chi connectivity index (χ1v) is 5.59. The summed E-state index contributed by atoms with van der Waals surface area (Å²) in [5, 5.41) is 3.19. The first-order valence-electron chi connectivity index (χ1n) is 5.21. The molecule has 2 unspecified atom stereocenters. The van der Waals surface area contributed by atoms with Crippen LogP contribution in [0.3, 0.4) is 0 Å². The van der Waals surface area contributed by atoms with Crippen molar-refractivity contribution in [1.29, 1.82) is 0 Å². The number of halogens is 1. The van der Waals surface area contributed by atoms with E-state index in [1.54, 1.807) is 38.1 Å². The lowest BCUT2D eigenvalue weighted by atomic mass is 10.3. The first kappa shape index (κ1) is 13.4. The molecule has 1 aromatic rings. The number of hydrogen-bond acceptors (Lipinski definition) is 2. The average molecular weight is 252 g/mol. The summed E-state index contributed by atoms with van der Waals surface area (Å²) in [7, 11) is 0. The Morgan fingerprint density at radius 3 is 2.82 bits per heavy atom. The van der Waals surface area contributed by atoms with Gasteiger partial charge < -0.3 is 10.1 Å². The zero-order valence-electron chi connectivity index (χ0n) is 9.74. The van der Waals surface area contributed by atoms with Crippen molar-refractivity contribution in [2.75, 3.05) is 0 Å². The second kappa shape index (κ2) is 6.17. The second-order valence-electron chi connectivity index (χ2n) is 3.61. The molecule has 2 atom stereocenters. The van der Waals surface area contributed by atoms with Gasteiger partial charge in [0.05, 0.1) is 6.04 Å². The highest BCUT2D eigenvalue weighted by Crippen LogP contribution is 2.18. The molecule has 0 aromatic heterocycles. The Morgan fingerprint density at radius 2 is 2.24 bits per heavy atom. The summed E-state index contributed by atoms with van der Waals surface area (Å²) >= 11 is 5.81. The Morgan fingerprint density at radius 1 is 1.53 bits per heavy atom. The van der Waals surface area contributed by atoms with Gasteiger partial charge >= 0.3 is 0 Å². The largest absolute Gasteiger partial charge is 0.481 e. The lowest BCUT2D eigenvalue weighted by Gasteiger charge is -2.16. The van der Waals surface area contributed by atoms with E-state index >= 15 is 0 Å². The summed E-state index contributed by atoms with van der Waals surface area (Å²) in [5.74, 6) is 2.71. The van der Waals surface area contributed by atoms with Crippen LogP contribution in [0.2, 0.25) is 5.02 Å². The zero-order chi connectivity index (χ0) is 12.8. The molecule has 0 spiro atoms. The fourth-order valence-corrected chi connectivity index (χ4v) is 1.35. The van der Waals surface area contributed by atoms with E-state index in [1.165, 1.54) is 0 Å². The predicted molar refractivity (Wildman–Crippen MR) is 68.0 cm³/mol. The molecule has 17 heavy (non-hydrogen) atoms. The van der Waals surface area contributed by atoms with E-state index in [1.807, 2.05) is 0 Å². The fourth-order valence-electron chi connectivity index (χ4n) is 1.17. The molecule has 4 heteroatoms. The quantitative estimate of drug-likeness (QED) is 0.834. The number of rotatable bonds is 4. The van der Waals surface area contributed by atoms with Crippen LogP contribution in [0.25, 0.3) is 0 Å². The summed E-state index contributed by atoms with van der Waals surface area (Å²) < 4.78 is 5.44. The first-order chi connectivity index (χ1) is 8.02. The van der Waals surface area contributed by atoms with Gasteiger partial charge in [-0.25, -0.2) is 0 Å². The van der Waals surface area contributed by atoms with E-state index in [0.717, 1.165) is 0 Å². The van der Waals surface area contributed by atoms with Gasteiger partial charge in [-0.05, 0) is 32.0 Å². The van der Waals surface area contributed by atoms with Gasteiger partial charge in [0.15, 0.2) is 6.10 Å². The van der Waals surface area contributed by atoms with Crippen molar-refractivity contribution in [1.82, 2.24) is 5.32 Å². The third kappa shape index (κ3) is 4.38. The van der Waals surface area contributed by atoms with Crippen LogP contribution in [0.4, 0.5) is 0 Å². The van der Waals surface area contributed by atoms with Crippen LogP contribution in [-0.2, 0) is 4.79 Å².